The average molecular weight is 600 g/mol. The molecular weight excluding hydrogens is 558 g/mol. The third-order valence-corrected chi connectivity index (χ3v) is 7.45. The molecule has 0 radical (unpaired) electrons. The van der Waals surface area contributed by atoms with E-state index in [1.54, 1.807) is 12.1 Å². The van der Waals surface area contributed by atoms with Crippen LogP contribution in [0, 0.1) is 0 Å². The van der Waals surface area contributed by atoms with Crippen LogP contribution in [0.3, 0.4) is 0 Å². The molecule has 3 aromatic rings. The minimum absolute atomic E-state index is 0.0233. The van der Waals surface area contributed by atoms with E-state index in [0.717, 1.165) is 29.5 Å². The molecule has 1 fully saturated rings. The van der Waals surface area contributed by atoms with E-state index < -0.39 is 23.2 Å². The summed E-state index contributed by atoms with van der Waals surface area (Å²) >= 11 is 0. The van der Waals surface area contributed by atoms with Gasteiger partial charge in [0.15, 0.2) is 11.6 Å². The third kappa shape index (κ3) is 7.84. The number of rotatable bonds is 13. The van der Waals surface area contributed by atoms with Crippen LogP contribution < -0.4 is 15.6 Å². The monoisotopic (exact) mass is 599 g/mol. The molecule has 1 aliphatic carbocycles. The van der Waals surface area contributed by atoms with E-state index in [0.29, 0.717) is 30.2 Å². The Labute approximate surface area is 258 Å². The molecule has 0 aromatic heterocycles. The Bertz CT molecular complexity index is 1450. The van der Waals surface area contributed by atoms with Crippen molar-refractivity contribution in [1.82, 2.24) is 10.9 Å². The SMILES string of the molecule is CC(C)(C)OC(=O)CC[C@]1(C(=O)NNC2CC2)N=C(c2ccc(OCCCO)cc2)O[C@H]1c1ccc(-c2ccccc2)cc1. The molecule has 2 atom stereocenters. The number of aliphatic hydroxyl groups is 1. The molecule has 1 heterocycles. The summed E-state index contributed by atoms with van der Waals surface area (Å²) in [5.41, 5.74) is 7.42. The highest BCUT2D eigenvalue weighted by molar-refractivity contribution is 6.01. The standard InChI is InChI=1S/C35H41N3O6/c1-34(2,3)44-30(40)20-21-35(33(41)38-37-28-16-17-28)31(26-12-10-25(11-13-26)24-8-5-4-6-9-24)43-32(36-35)27-14-18-29(19-15-27)42-23-7-22-39/h4-6,8-15,18-19,28,31,37,39H,7,16-17,20-23H2,1-3H3,(H,38,41)/t31-,35-/m0/s1. The van der Waals surface area contributed by atoms with Crippen LogP contribution in [-0.2, 0) is 19.1 Å². The summed E-state index contributed by atoms with van der Waals surface area (Å²) in [6.45, 7) is 5.90. The highest BCUT2D eigenvalue weighted by Gasteiger charge is 2.53. The van der Waals surface area contributed by atoms with E-state index >= 15 is 0 Å². The van der Waals surface area contributed by atoms with Gasteiger partial charge in [-0.05, 0) is 81.0 Å². The number of hydrogen-bond donors (Lipinski definition) is 3. The number of hydrogen-bond acceptors (Lipinski definition) is 8. The van der Waals surface area contributed by atoms with E-state index in [9.17, 15) is 9.59 Å². The molecule has 1 aliphatic heterocycles. The van der Waals surface area contributed by atoms with Crippen LogP contribution in [0.5, 0.6) is 5.75 Å². The highest BCUT2D eigenvalue weighted by atomic mass is 16.6. The lowest BCUT2D eigenvalue weighted by atomic mass is 9.83. The molecule has 5 rings (SSSR count). The smallest absolute Gasteiger partial charge is 0.306 e. The van der Waals surface area contributed by atoms with Crippen LogP contribution >= 0.6 is 0 Å². The highest BCUT2D eigenvalue weighted by Crippen LogP contribution is 2.44. The molecule has 9 heteroatoms. The maximum Gasteiger partial charge on any atom is 0.306 e. The second-order valence-electron chi connectivity index (χ2n) is 12.2. The van der Waals surface area contributed by atoms with Crippen molar-refractivity contribution in [2.45, 2.75) is 76.2 Å². The average Bonchev–Trinajstić information content (AvgIpc) is 3.77. The van der Waals surface area contributed by atoms with Gasteiger partial charge in [-0.15, -0.1) is 0 Å². The number of amides is 1. The minimum atomic E-state index is -1.45. The summed E-state index contributed by atoms with van der Waals surface area (Å²) in [5.74, 6) is 0.168. The van der Waals surface area contributed by atoms with Gasteiger partial charge >= 0.3 is 5.97 Å². The molecule has 44 heavy (non-hydrogen) atoms. The van der Waals surface area contributed by atoms with Gasteiger partial charge in [-0.25, -0.2) is 10.4 Å². The van der Waals surface area contributed by atoms with Gasteiger partial charge in [0.25, 0.3) is 5.91 Å². The lowest BCUT2D eigenvalue weighted by Crippen LogP contribution is -2.53. The fourth-order valence-electron chi connectivity index (χ4n) is 5.04. The van der Waals surface area contributed by atoms with E-state index in [2.05, 4.69) is 10.9 Å². The van der Waals surface area contributed by atoms with Crippen molar-refractivity contribution in [3.8, 4) is 16.9 Å². The molecule has 232 valence electrons. The number of nitrogens with one attached hydrogen (secondary N) is 2. The van der Waals surface area contributed by atoms with Crippen LogP contribution in [0.25, 0.3) is 11.1 Å². The van der Waals surface area contributed by atoms with E-state index in [-0.39, 0.29) is 31.4 Å². The molecule has 3 aromatic carbocycles. The molecular formula is C35H41N3O6. The van der Waals surface area contributed by atoms with Gasteiger partial charge in [0.1, 0.15) is 11.4 Å². The van der Waals surface area contributed by atoms with Gasteiger partial charge in [-0.3, -0.25) is 15.0 Å². The molecule has 2 aliphatic rings. The van der Waals surface area contributed by atoms with E-state index in [4.69, 9.17) is 24.3 Å². The molecule has 0 unspecified atom stereocenters. The number of hydrazine groups is 1. The Morgan fingerprint density at radius 3 is 2.25 bits per heavy atom. The summed E-state index contributed by atoms with van der Waals surface area (Å²) in [5, 5.41) is 9.04. The first-order valence-corrected chi connectivity index (χ1v) is 15.2. The number of carbonyl (C=O) groups is 2. The number of benzene rings is 3. The maximum atomic E-state index is 14.1. The molecule has 9 nitrogen and oxygen atoms in total. The third-order valence-electron chi connectivity index (χ3n) is 7.45. The van der Waals surface area contributed by atoms with Crippen LogP contribution in [0.4, 0.5) is 0 Å². The molecule has 0 bridgehead atoms. The molecule has 1 saturated carbocycles. The van der Waals surface area contributed by atoms with Gasteiger partial charge < -0.3 is 19.3 Å². The van der Waals surface area contributed by atoms with Gasteiger partial charge in [0, 0.05) is 31.1 Å². The van der Waals surface area contributed by atoms with Crippen molar-refractivity contribution in [3.63, 3.8) is 0 Å². The lowest BCUT2D eigenvalue weighted by molar-refractivity contribution is -0.155. The summed E-state index contributed by atoms with van der Waals surface area (Å²) in [6, 6.07) is 25.4. The molecule has 0 spiro atoms. The Morgan fingerprint density at radius 2 is 1.61 bits per heavy atom. The van der Waals surface area contributed by atoms with Gasteiger partial charge in [0.05, 0.1) is 6.61 Å². The molecule has 1 amide bonds. The topological polar surface area (TPSA) is 118 Å². The summed E-state index contributed by atoms with van der Waals surface area (Å²) in [4.78, 5) is 32.0. The second kappa shape index (κ2) is 13.6. The van der Waals surface area contributed by atoms with E-state index in [1.807, 2.05) is 87.5 Å². The van der Waals surface area contributed by atoms with Crippen molar-refractivity contribution in [2.24, 2.45) is 4.99 Å². The normalized spacial score (nSPS) is 19.5. The van der Waals surface area contributed by atoms with E-state index in [1.165, 1.54) is 0 Å². The van der Waals surface area contributed by atoms with Crippen molar-refractivity contribution in [1.29, 1.82) is 0 Å². The number of ether oxygens (including phenoxy) is 3. The largest absolute Gasteiger partial charge is 0.494 e. The lowest BCUT2D eigenvalue weighted by Gasteiger charge is -2.31. The first-order valence-electron chi connectivity index (χ1n) is 15.2. The fourth-order valence-corrected chi connectivity index (χ4v) is 5.04. The first kappa shape index (κ1) is 31.2. The zero-order chi connectivity index (χ0) is 31.2. The predicted octanol–water partition coefficient (Wildman–Crippen LogP) is 5.28. The summed E-state index contributed by atoms with van der Waals surface area (Å²) < 4.78 is 17.8. The number of esters is 1. The second-order valence-corrected chi connectivity index (χ2v) is 12.2. The Morgan fingerprint density at radius 1 is 0.955 bits per heavy atom. The quantitative estimate of drug-likeness (QED) is 0.139. The minimum Gasteiger partial charge on any atom is -0.494 e. The Hall–Kier alpha value is -4.21. The first-order chi connectivity index (χ1) is 21.2. The van der Waals surface area contributed by atoms with Gasteiger partial charge in [-0.1, -0.05) is 54.6 Å². The Kier molecular flexibility index (Phi) is 9.66. The zero-order valence-corrected chi connectivity index (χ0v) is 25.5. The molecule has 3 N–H and O–H groups in total. The molecule has 0 saturated heterocycles. The fraction of sp³-hybridized carbons (Fsp3) is 0.400. The number of aliphatic hydroxyl groups excluding tert-OH is 1. The van der Waals surface area contributed by atoms with Crippen LogP contribution in [0.2, 0.25) is 0 Å². The maximum absolute atomic E-state index is 14.1. The van der Waals surface area contributed by atoms with Gasteiger partial charge in [0.2, 0.25) is 5.90 Å². The summed E-state index contributed by atoms with van der Waals surface area (Å²) in [7, 11) is 0. The zero-order valence-electron chi connectivity index (χ0n) is 25.5. The number of nitrogens with zero attached hydrogens (tertiary/aromatic N) is 1. The van der Waals surface area contributed by atoms with Crippen molar-refractivity contribution in [2.75, 3.05) is 13.2 Å². The van der Waals surface area contributed by atoms with Crippen molar-refractivity contribution in [3.05, 3.63) is 90.0 Å². The predicted molar refractivity (Wildman–Crippen MR) is 168 cm³/mol. The summed E-state index contributed by atoms with van der Waals surface area (Å²) in [6.07, 6.45) is 1.75. The van der Waals surface area contributed by atoms with Gasteiger partial charge in [-0.2, -0.15) is 0 Å². The van der Waals surface area contributed by atoms with Crippen molar-refractivity contribution >= 4 is 17.8 Å². The van der Waals surface area contributed by atoms with Crippen LogP contribution in [0.1, 0.15) is 70.1 Å². The Balaban J connectivity index is 1.49. The van der Waals surface area contributed by atoms with Crippen LogP contribution in [-0.4, -0.2) is 53.3 Å². The number of aliphatic imine (C=N–C) groups is 1. The van der Waals surface area contributed by atoms with Crippen molar-refractivity contribution < 1.29 is 28.9 Å². The van der Waals surface area contributed by atoms with Crippen LogP contribution in [0.15, 0.2) is 83.9 Å². The number of carbonyl (C=O) groups excluding carboxylic acids is 2.